The molecule has 0 spiro atoms. The predicted octanol–water partition coefficient (Wildman–Crippen LogP) is 1.93. The van der Waals surface area contributed by atoms with Crippen LogP contribution in [0.15, 0.2) is 0 Å². The highest BCUT2D eigenvalue weighted by Gasteiger charge is 2.01. The van der Waals surface area contributed by atoms with Crippen molar-refractivity contribution in [2.24, 2.45) is 0 Å². The van der Waals surface area contributed by atoms with Crippen molar-refractivity contribution in [3.63, 3.8) is 0 Å². The number of hydrogen-bond donors (Lipinski definition) is 2. The molecule has 2 atom stereocenters. The molecule has 2 N–H and O–H groups in total. The van der Waals surface area contributed by atoms with E-state index in [0.717, 1.165) is 0 Å². The zero-order chi connectivity index (χ0) is 9.40. The fourth-order valence-electron chi connectivity index (χ4n) is 1.17. The molecule has 0 fully saturated rings. The van der Waals surface area contributed by atoms with Gasteiger partial charge in [0, 0.05) is 12.6 Å². The first kappa shape index (κ1) is 11.9. The fraction of sp³-hybridized carbons (Fsp3) is 1.00. The molecular weight excluding hydrogens is 150 g/mol. The maximum atomic E-state index is 9.01. The molecule has 74 valence electrons. The lowest BCUT2D eigenvalue weighted by Crippen LogP contribution is -2.32. The van der Waals surface area contributed by atoms with Crippen molar-refractivity contribution in [3.8, 4) is 0 Å². The summed E-state index contributed by atoms with van der Waals surface area (Å²) in [6, 6.07) is 0.547. The molecule has 0 aromatic rings. The van der Waals surface area contributed by atoms with Crippen molar-refractivity contribution < 1.29 is 5.11 Å². The lowest BCUT2D eigenvalue weighted by atomic mass is 10.1. The van der Waals surface area contributed by atoms with E-state index in [-0.39, 0.29) is 6.10 Å². The molecule has 0 aliphatic carbocycles. The predicted molar refractivity (Wildman–Crippen MR) is 53.3 cm³/mol. The third kappa shape index (κ3) is 8.02. The van der Waals surface area contributed by atoms with E-state index in [9.17, 15) is 0 Å². The number of rotatable bonds is 7. The minimum absolute atomic E-state index is 0.223. The van der Waals surface area contributed by atoms with Crippen LogP contribution in [0.4, 0.5) is 0 Å². The van der Waals surface area contributed by atoms with Crippen LogP contribution in [-0.4, -0.2) is 23.8 Å². The topological polar surface area (TPSA) is 32.3 Å². The van der Waals surface area contributed by atoms with Crippen LogP contribution in [0.2, 0.25) is 0 Å². The Kier molecular flexibility index (Phi) is 7.51. The molecule has 0 unspecified atom stereocenters. The van der Waals surface area contributed by atoms with Gasteiger partial charge in [-0.15, -0.1) is 0 Å². The van der Waals surface area contributed by atoms with Gasteiger partial charge in [-0.05, 0) is 20.3 Å². The van der Waals surface area contributed by atoms with Crippen molar-refractivity contribution in [1.82, 2.24) is 5.32 Å². The van der Waals surface area contributed by atoms with E-state index in [1.165, 1.54) is 25.7 Å². The van der Waals surface area contributed by atoms with Gasteiger partial charge < -0.3 is 10.4 Å². The Morgan fingerprint density at radius 3 is 2.42 bits per heavy atom. The summed E-state index contributed by atoms with van der Waals surface area (Å²) in [6.45, 7) is 6.92. The van der Waals surface area contributed by atoms with E-state index < -0.39 is 0 Å². The molecule has 2 heteroatoms. The molecule has 0 aromatic carbocycles. The normalized spacial score (nSPS) is 16.0. The molecule has 0 saturated heterocycles. The monoisotopic (exact) mass is 173 g/mol. The van der Waals surface area contributed by atoms with E-state index in [4.69, 9.17) is 5.11 Å². The third-order valence-electron chi connectivity index (χ3n) is 2.00. The van der Waals surface area contributed by atoms with Crippen LogP contribution in [-0.2, 0) is 0 Å². The fourth-order valence-corrected chi connectivity index (χ4v) is 1.17. The molecule has 0 bridgehead atoms. The van der Waals surface area contributed by atoms with Gasteiger partial charge in [0.2, 0.25) is 0 Å². The number of nitrogens with one attached hydrogen (secondary N) is 1. The highest BCUT2D eigenvalue weighted by Crippen LogP contribution is 2.02. The highest BCUT2D eigenvalue weighted by atomic mass is 16.3. The van der Waals surface area contributed by atoms with Crippen LogP contribution < -0.4 is 5.32 Å². The minimum atomic E-state index is -0.223. The Morgan fingerprint density at radius 2 is 1.92 bits per heavy atom. The van der Waals surface area contributed by atoms with Crippen LogP contribution in [0.5, 0.6) is 0 Å². The van der Waals surface area contributed by atoms with E-state index >= 15 is 0 Å². The zero-order valence-corrected chi connectivity index (χ0v) is 8.64. The number of aliphatic hydroxyl groups is 1. The Bertz CT molecular complexity index is 93.8. The largest absolute Gasteiger partial charge is 0.392 e. The number of hydrogen-bond acceptors (Lipinski definition) is 2. The van der Waals surface area contributed by atoms with Crippen LogP contribution in [0.3, 0.4) is 0 Å². The van der Waals surface area contributed by atoms with Gasteiger partial charge in [0.25, 0.3) is 0 Å². The van der Waals surface area contributed by atoms with Crippen molar-refractivity contribution in [2.75, 3.05) is 6.54 Å². The second kappa shape index (κ2) is 7.56. The second-order valence-electron chi connectivity index (χ2n) is 3.65. The summed E-state index contributed by atoms with van der Waals surface area (Å²) >= 11 is 0. The molecule has 0 amide bonds. The molecule has 0 radical (unpaired) electrons. The minimum Gasteiger partial charge on any atom is -0.392 e. The number of unbranched alkanes of at least 4 members (excludes halogenated alkanes) is 2. The van der Waals surface area contributed by atoms with Gasteiger partial charge in [-0.3, -0.25) is 0 Å². The van der Waals surface area contributed by atoms with Gasteiger partial charge in [-0.1, -0.05) is 26.2 Å². The van der Waals surface area contributed by atoms with Gasteiger partial charge >= 0.3 is 0 Å². The van der Waals surface area contributed by atoms with Crippen molar-refractivity contribution in [3.05, 3.63) is 0 Å². The van der Waals surface area contributed by atoms with E-state index in [1.807, 2.05) is 6.92 Å². The molecule has 0 aliphatic rings. The van der Waals surface area contributed by atoms with Crippen molar-refractivity contribution in [2.45, 2.75) is 58.6 Å². The van der Waals surface area contributed by atoms with Crippen LogP contribution >= 0.6 is 0 Å². The van der Waals surface area contributed by atoms with Crippen LogP contribution in [0.1, 0.15) is 46.5 Å². The lowest BCUT2D eigenvalue weighted by molar-refractivity contribution is 0.186. The Balaban J connectivity index is 3.15. The Morgan fingerprint density at radius 1 is 1.25 bits per heavy atom. The average Bonchev–Trinajstić information content (AvgIpc) is 2.01. The van der Waals surface area contributed by atoms with Gasteiger partial charge in [-0.25, -0.2) is 0 Å². The summed E-state index contributed by atoms with van der Waals surface area (Å²) in [5.41, 5.74) is 0. The third-order valence-corrected chi connectivity index (χ3v) is 2.00. The summed E-state index contributed by atoms with van der Waals surface area (Å²) in [5.74, 6) is 0. The zero-order valence-electron chi connectivity index (χ0n) is 8.64. The molecule has 0 saturated carbocycles. The van der Waals surface area contributed by atoms with E-state index in [1.54, 1.807) is 0 Å². The van der Waals surface area contributed by atoms with Gasteiger partial charge in [0.05, 0.1) is 6.10 Å². The molecule has 0 rings (SSSR count). The SMILES string of the molecule is CCCCC[C@H](C)NC[C@@H](C)O. The van der Waals surface area contributed by atoms with E-state index in [2.05, 4.69) is 19.2 Å². The first-order valence-corrected chi connectivity index (χ1v) is 5.08. The second-order valence-corrected chi connectivity index (χ2v) is 3.65. The van der Waals surface area contributed by atoms with Crippen molar-refractivity contribution in [1.29, 1.82) is 0 Å². The molecule has 0 aliphatic heterocycles. The smallest absolute Gasteiger partial charge is 0.0636 e. The molecule has 12 heavy (non-hydrogen) atoms. The summed E-state index contributed by atoms with van der Waals surface area (Å²) in [5, 5.41) is 12.3. The first-order valence-electron chi connectivity index (χ1n) is 5.08. The van der Waals surface area contributed by atoms with Gasteiger partial charge in [0.15, 0.2) is 0 Å². The summed E-state index contributed by atoms with van der Waals surface area (Å²) in [7, 11) is 0. The lowest BCUT2D eigenvalue weighted by Gasteiger charge is -2.14. The standard InChI is InChI=1S/C10H23NO/c1-4-5-6-7-9(2)11-8-10(3)12/h9-12H,4-8H2,1-3H3/t9-,10+/m0/s1. The summed E-state index contributed by atoms with van der Waals surface area (Å²) in [4.78, 5) is 0. The van der Waals surface area contributed by atoms with Crippen molar-refractivity contribution >= 4 is 0 Å². The van der Waals surface area contributed by atoms with Crippen LogP contribution in [0, 0.1) is 0 Å². The Hall–Kier alpha value is -0.0800. The summed E-state index contributed by atoms with van der Waals surface area (Å²) in [6.07, 6.45) is 4.90. The maximum absolute atomic E-state index is 9.01. The summed E-state index contributed by atoms with van der Waals surface area (Å²) < 4.78 is 0. The molecule has 0 aromatic heterocycles. The first-order chi connectivity index (χ1) is 5.66. The Labute approximate surface area is 76.4 Å². The molecule has 0 heterocycles. The molecule has 2 nitrogen and oxygen atoms in total. The highest BCUT2D eigenvalue weighted by molar-refractivity contribution is 4.62. The maximum Gasteiger partial charge on any atom is 0.0636 e. The van der Waals surface area contributed by atoms with Crippen LogP contribution in [0.25, 0.3) is 0 Å². The van der Waals surface area contributed by atoms with Gasteiger partial charge in [-0.2, -0.15) is 0 Å². The van der Waals surface area contributed by atoms with Gasteiger partial charge in [0.1, 0.15) is 0 Å². The number of aliphatic hydroxyl groups excluding tert-OH is 1. The molecular formula is C10H23NO. The quantitative estimate of drug-likeness (QED) is 0.577. The van der Waals surface area contributed by atoms with E-state index in [0.29, 0.717) is 12.6 Å². The average molecular weight is 173 g/mol.